The van der Waals surface area contributed by atoms with E-state index in [2.05, 4.69) is 0 Å². The number of carboxylic acid groups (broad SMARTS) is 2. The molecule has 0 saturated carbocycles. The molecule has 0 radical (unpaired) electrons. The molecule has 0 spiro atoms. The molecule has 0 aromatic heterocycles. The lowest BCUT2D eigenvalue weighted by Crippen LogP contribution is -2.12. The van der Waals surface area contributed by atoms with Crippen LogP contribution in [0.2, 0.25) is 0 Å². The summed E-state index contributed by atoms with van der Waals surface area (Å²) >= 11 is 0. The van der Waals surface area contributed by atoms with E-state index < -0.39 is 11.9 Å². The maximum absolute atomic E-state index is 10.4. The average Bonchev–Trinajstić information content (AvgIpc) is 2.10. The molecule has 0 bridgehead atoms. The Labute approximate surface area is 88.1 Å². The normalized spacial score (nSPS) is 10.2. The summed E-state index contributed by atoms with van der Waals surface area (Å²) < 4.78 is 0. The van der Waals surface area contributed by atoms with Gasteiger partial charge in [-0.2, -0.15) is 0 Å². The maximum Gasteiger partial charge on any atom is 0.303 e. The first kappa shape index (κ1) is 13.6. The van der Waals surface area contributed by atoms with Crippen LogP contribution in [0.25, 0.3) is 0 Å². The highest BCUT2D eigenvalue weighted by Crippen LogP contribution is 2.17. The Bertz CT molecular complexity index is 208. The predicted octanol–water partition coefficient (Wildman–Crippen LogP) is 1.31. The first-order valence-corrected chi connectivity index (χ1v) is 4.93. The first-order chi connectivity index (χ1) is 7.06. The van der Waals surface area contributed by atoms with E-state index in [4.69, 9.17) is 10.2 Å². The van der Waals surface area contributed by atoms with Gasteiger partial charge in [-0.3, -0.25) is 9.59 Å². The molecule has 0 aliphatic heterocycles. The topological polar surface area (TPSA) is 91.7 Å². The van der Waals surface area contributed by atoms with Gasteiger partial charge in [0.15, 0.2) is 0 Å². The highest BCUT2D eigenvalue weighted by molar-refractivity contribution is 5.70. The fourth-order valence-electron chi connectivity index (χ4n) is 1.43. The smallest absolute Gasteiger partial charge is 0.303 e. The van der Waals surface area contributed by atoms with Gasteiger partial charge in [0, 0.05) is 19.3 Å². The number of carbonyl (C=O) groups is 3. The Kier molecular flexibility index (Phi) is 7.23. The lowest BCUT2D eigenvalue weighted by Gasteiger charge is -2.11. The molecule has 0 atom stereocenters. The Morgan fingerprint density at radius 2 is 1.60 bits per heavy atom. The minimum absolute atomic E-state index is 0.118. The number of hydrogen-bond donors (Lipinski definition) is 2. The second-order valence-corrected chi connectivity index (χ2v) is 3.51. The molecule has 0 aromatic carbocycles. The second kappa shape index (κ2) is 7.96. The van der Waals surface area contributed by atoms with Gasteiger partial charge in [-0.05, 0) is 18.8 Å². The summed E-state index contributed by atoms with van der Waals surface area (Å²) in [6, 6.07) is 0. The standard InChI is InChI=1S/C10H16O5/c11-5-3-1-2-4-8(6-9(12)13)7-10(14)15/h5,8H,1-4,6-7H2,(H,12,13)(H,14,15). The second-order valence-electron chi connectivity index (χ2n) is 3.51. The van der Waals surface area contributed by atoms with Crippen molar-refractivity contribution >= 4 is 18.2 Å². The van der Waals surface area contributed by atoms with E-state index in [0.717, 1.165) is 6.29 Å². The molecule has 5 nitrogen and oxygen atoms in total. The summed E-state index contributed by atoms with van der Waals surface area (Å²) in [6.45, 7) is 0. The van der Waals surface area contributed by atoms with Crippen molar-refractivity contribution in [1.82, 2.24) is 0 Å². The van der Waals surface area contributed by atoms with Crippen molar-refractivity contribution in [3.8, 4) is 0 Å². The number of rotatable bonds is 9. The Balaban J connectivity index is 3.84. The zero-order valence-electron chi connectivity index (χ0n) is 8.52. The van der Waals surface area contributed by atoms with Gasteiger partial charge in [-0.1, -0.05) is 6.42 Å². The van der Waals surface area contributed by atoms with Gasteiger partial charge in [0.1, 0.15) is 6.29 Å². The molecule has 0 amide bonds. The molecule has 5 heteroatoms. The predicted molar refractivity (Wildman–Crippen MR) is 52.5 cm³/mol. The van der Waals surface area contributed by atoms with Crippen LogP contribution in [0.1, 0.15) is 38.5 Å². The third kappa shape index (κ3) is 8.93. The van der Waals surface area contributed by atoms with Crippen molar-refractivity contribution in [3.63, 3.8) is 0 Å². The van der Waals surface area contributed by atoms with Crippen LogP contribution in [0.15, 0.2) is 0 Å². The molecule has 86 valence electrons. The molecule has 0 rings (SSSR count). The monoisotopic (exact) mass is 216 g/mol. The highest BCUT2D eigenvalue weighted by atomic mass is 16.4. The van der Waals surface area contributed by atoms with E-state index >= 15 is 0 Å². The minimum atomic E-state index is -0.975. The highest BCUT2D eigenvalue weighted by Gasteiger charge is 2.16. The van der Waals surface area contributed by atoms with Crippen molar-refractivity contribution in [2.75, 3.05) is 0 Å². The Morgan fingerprint density at radius 3 is 2.00 bits per heavy atom. The summed E-state index contributed by atoms with van der Waals surface area (Å²) in [7, 11) is 0. The van der Waals surface area contributed by atoms with Crippen molar-refractivity contribution < 1.29 is 24.6 Å². The minimum Gasteiger partial charge on any atom is -0.481 e. The zero-order valence-corrected chi connectivity index (χ0v) is 8.52. The lowest BCUT2D eigenvalue weighted by atomic mass is 9.95. The number of aliphatic carboxylic acids is 2. The van der Waals surface area contributed by atoms with Crippen LogP contribution >= 0.6 is 0 Å². The van der Waals surface area contributed by atoms with E-state index in [1.807, 2.05) is 0 Å². The van der Waals surface area contributed by atoms with Gasteiger partial charge in [-0.15, -0.1) is 0 Å². The summed E-state index contributed by atoms with van der Waals surface area (Å²) in [5, 5.41) is 17.1. The van der Waals surface area contributed by atoms with Crippen LogP contribution in [-0.2, 0) is 14.4 Å². The summed E-state index contributed by atoms with van der Waals surface area (Å²) in [5.41, 5.74) is 0. The molecule has 0 aliphatic carbocycles. The van der Waals surface area contributed by atoms with Crippen LogP contribution < -0.4 is 0 Å². The van der Waals surface area contributed by atoms with Gasteiger partial charge >= 0.3 is 11.9 Å². The number of unbranched alkanes of at least 4 members (excludes halogenated alkanes) is 2. The summed E-state index contributed by atoms with van der Waals surface area (Å²) in [4.78, 5) is 30.9. The fourth-order valence-corrected chi connectivity index (χ4v) is 1.43. The molecular weight excluding hydrogens is 200 g/mol. The van der Waals surface area contributed by atoms with E-state index in [1.54, 1.807) is 0 Å². The average molecular weight is 216 g/mol. The van der Waals surface area contributed by atoms with Gasteiger partial charge in [-0.25, -0.2) is 0 Å². The van der Waals surface area contributed by atoms with Crippen molar-refractivity contribution in [2.24, 2.45) is 5.92 Å². The molecular formula is C10H16O5. The van der Waals surface area contributed by atoms with Crippen molar-refractivity contribution in [2.45, 2.75) is 38.5 Å². The first-order valence-electron chi connectivity index (χ1n) is 4.93. The molecule has 0 aromatic rings. The van der Waals surface area contributed by atoms with Crippen molar-refractivity contribution in [1.29, 1.82) is 0 Å². The molecule has 0 saturated heterocycles. The SMILES string of the molecule is O=CCCCCC(CC(=O)O)CC(=O)O. The Morgan fingerprint density at radius 1 is 1.07 bits per heavy atom. The summed E-state index contributed by atoms with van der Waals surface area (Å²) in [6.07, 6.45) is 2.96. The maximum atomic E-state index is 10.4. The largest absolute Gasteiger partial charge is 0.481 e. The Hall–Kier alpha value is -1.39. The molecule has 0 fully saturated rings. The summed E-state index contributed by atoms with van der Waals surface area (Å²) in [5.74, 6) is -2.28. The van der Waals surface area contributed by atoms with Crippen LogP contribution in [0.4, 0.5) is 0 Å². The van der Waals surface area contributed by atoms with Gasteiger partial charge in [0.2, 0.25) is 0 Å². The van der Waals surface area contributed by atoms with Crippen LogP contribution in [0.5, 0.6) is 0 Å². The molecule has 0 unspecified atom stereocenters. The lowest BCUT2D eigenvalue weighted by molar-refractivity contribution is -0.140. The van der Waals surface area contributed by atoms with Gasteiger partial charge in [0.25, 0.3) is 0 Å². The third-order valence-corrected chi connectivity index (χ3v) is 2.11. The van der Waals surface area contributed by atoms with Gasteiger partial charge < -0.3 is 15.0 Å². The zero-order chi connectivity index (χ0) is 11.7. The molecule has 0 aliphatic rings. The van der Waals surface area contributed by atoms with E-state index in [0.29, 0.717) is 25.7 Å². The number of carboxylic acids is 2. The van der Waals surface area contributed by atoms with Crippen LogP contribution in [-0.4, -0.2) is 28.4 Å². The molecule has 2 N–H and O–H groups in total. The molecule has 15 heavy (non-hydrogen) atoms. The molecule has 0 heterocycles. The van der Waals surface area contributed by atoms with E-state index in [-0.39, 0.29) is 18.8 Å². The van der Waals surface area contributed by atoms with Crippen LogP contribution in [0.3, 0.4) is 0 Å². The number of aldehydes is 1. The third-order valence-electron chi connectivity index (χ3n) is 2.11. The fraction of sp³-hybridized carbons (Fsp3) is 0.700. The quantitative estimate of drug-likeness (QED) is 0.448. The number of hydrogen-bond acceptors (Lipinski definition) is 3. The number of carbonyl (C=O) groups excluding carboxylic acids is 1. The van der Waals surface area contributed by atoms with Gasteiger partial charge in [0.05, 0.1) is 0 Å². The van der Waals surface area contributed by atoms with E-state index in [9.17, 15) is 14.4 Å². The van der Waals surface area contributed by atoms with E-state index in [1.165, 1.54) is 0 Å². The van der Waals surface area contributed by atoms with Crippen LogP contribution in [0, 0.1) is 5.92 Å². The van der Waals surface area contributed by atoms with Crippen molar-refractivity contribution in [3.05, 3.63) is 0 Å².